The van der Waals surface area contributed by atoms with E-state index in [0.717, 1.165) is 31.2 Å². The Morgan fingerprint density at radius 1 is 1.38 bits per heavy atom. The molecule has 0 aromatic heterocycles. The summed E-state index contributed by atoms with van der Waals surface area (Å²) in [6.45, 7) is 1.78. The molecule has 21 heavy (non-hydrogen) atoms. The maximum absolute atomic E-state index is 13.6. The standard InChI is InChI=1S/C17H18FNO2/c1-2-3-17(20)21-15-8-6-12(7-9-15)13-4-5-14(11-19)16(18)10-13/h2-5,10,12,15H,6-9H2,1H3/b3-2+. The van der Waals surface area contributed by atoms with Crippen LogP contribution in [0.15, 0.2) is 30.4 Å². The van der Waals surface area contributed by atoms with Crippen molar-refractivity contribution in [3.63, 3.8) is 0 Å². The Labute approximate surface area is 124 Å². The van der Waals surface area contributed by atoms with Crippen molar-refractivity contribution in [2.75, 3.05) is 0 Å². The van der Waals surface area contributed by atoms with Crippen molar-refractivity contribution in [3.8, 4) is 6.07 Å². The van der Waals surface area contributed by atoms with Crippen LogP contribution in [0.1, 0.15) is 49.7 Å². The molecule has 4 heteroatoms. The summed E-state index contributed by atoms with van der Waals surface area (Å²) in [7, 11) is 0. The van der Waals surface area contributed by atoms with E-state index in [2.05, 4.69) is 0 Å². The van der Waals surface area contributed by atoms with Crippen molar-refractivity contribution in [3.05, 3.63) is 47.3 Å². The van der Waals surface area contributed by atoms with Gasteiger partial charge in [0.1, 0.15) is 18.0 Å². The van der Waals surface area contributed by atoms with Crippen molar-refractivity contribution in [2.45, 2.75) is 44.6 Å². The fraction of sp³-hybridized carbons (Fsp3) is 0.412. The summed E-state index contributed by atoms with van der Waals surface area (Å²) in [6.07, 6.45) is 6.33. The van der Waals surface area contributed by atoms with Crippen LogP contribution in [-0.4, -0.2) is 12.1 Å². The van der Waals surface area contributed by atoms with Gasteiger partial charge < -0.3 is 4.74 Å². The second kappa shape index (κ2) is 7.03. The molecule has 0 aliphatic heterocycles. The van der Waals surface area contributed by atoms with Crippen LogP contribution >= 0.6 is 0 Å². The number of nitrogens with zero attached hydrogens (tertiary/aromatic N) is 1. The average molecular weight is 287 g/mol. The maximum atomic E-state index is 13.6. The second-order valence-electron chi connectivity index (χ2n) is 5.26. The normalized spacial score (nSPS) is 22.0. The molecule has 0 unspecified atom stereocenters. The minimum atomic E-state index is -0.461. The monoisotopic (exact) mass is 287 g/mol. The van der Waals surface area contributed by atoms with Gasteiger partial charge in [-0.25, -0.2) is 9.18 Å². The summed E-state index contributed by atoms with van der Waals surface area (Å²) in [5.41, 5.74) is 0.998. The van der Waals surface area contributed by atoms with E-state index in [1.54, 1.807) is 13.0 Å². The number of hydrogen-bond acceptors (Lipinski definition) is 3. The minimum Gasteiger partial charge on any atom is -0.459 e. The van der Waals surface area contributed by atoms with E-state index < -0.39 is 5.82 Å². The smallest absolute Gasteiger partial charge is 0.330 e. The molecule has 1 aromatic carbocycles. The molecule has 2 rings (SSSR count). The number of nitriles is 1. The lowest BCUT2D eigenvalue weighted by molar-refractivity contribution is -0.144. The number of esters is 1. The Bertz CT molecular complexity index is 581. The highest BCUT2D eigenvalue weighted by atomic mass is 19.1. The second-order valence-corrected chi connectivity index (χ2v) is 5.26. The Hall–Kier alpha value is -2.15. The van der Waals surface area contributed by atoms with E-state index in [4.69, 9.17) is 10.00 Å². The zero-order valence-electron chi connectivity index (χ0n) is 12.0. The highest BCUT2D eigenvalue weighted by Gasteiger charge is 2.24. The predicted molar refractivity (Wildman–Crippen MR) is 77.0 cm³/mol. The Kier molecular flexibility index (Phi) is 5.10. The molecule has 1 saturated carbocycles. The molecule has 1 aliphatic carbocycles. The lowest BCUT2D eigenvalue weighted by Gasteiger charge is -2.28. The molecular formula is C17H18FNO2. The van der Waals surface area contributed by atoms with Crippen molar-refractivity contribution in [1.29, 1.82) is 5.26 Å². The maximum Gasteiger partial charge on any atom is 0.330 e. The molecule has 0 amide bonds. The lowest BCUT2D eigenvalue weighted by Crippen LogP contribution is -2.23. The molecule has 0 N–H and O–H groups in total. The number of rotatable bonds is 3. The molecule has 0 saturated heterocycles. The summed E-state index contributed by atoms with van der Waals surface area (Å²) in [4.78, 5) is 11.4. The van der Waals surface area contributed by atoms with E-state index in [1.165, 1.54) is 18.2 Å². The third-order valence-electron chi connectivity index (χ3n) is 3.84. The van der Waals surface area contributed by atoms with Crippen LogP contribution in [0.4, 0.5) is 4.39 Å². The van der Waals surface area contributed by atoms with Gasteiger partial charge in [-0.1, -0.05) is 12.1 Å². The van der Waals surface area contributed by atoms with Crippen molar-refractivity contribution in [1.82, 2.24) is 0 Å². The van der Waals surface area contributed by atoms with E-state index in [9.17, 15) is 9.18 Å². The third-order valence-corrected chi connectivity index (χ3v) is 3.84. The van der Waals surface area contributed by atoms with Gasteiger partial charge in [-0.15, -0.1) is 0 Å². The molecule has 1 fully saturated rings. The molecule has 0 heterocycles. The fourth-order valence-electron chi connectivity index (χ4n) is 2.73. The van der Waals surface area contributed by atoms with Gasteiger partial charge in [-0.2, -0.15) is 5.26 Å². The molecule has 1 aliphatic rings. The summed E-state index contributed by atoms with van der Waals surface area (Å²) in [6, 6.07) is 6.63. The van der Waals surface area contributed by atoms with Crippen LogP contribution in [0.3, 0.4) is 0 Å². The van der Waals surface area contributed by atoms with Crippen LogP contribution in [0, 0.1) is 17.1 Å². The summed E-state index contributed by atoms with van der Waals surface area (Å²) < 4.78 is 19.0. The zero-order chi connectivity index (χ0) is 15.2. The van der Waals surface area contributed by atoms with E-state index >= 15 is 0 Å². The Balaban J connectivity index is 1.93. The van der Waals surface area contributed by atoms with Gasteiger partial charge in [-0.3, -0.25) is 0 Å². The zero-order valence-corrected chi connectivity index (χ0v) is 12.0. The number of carbonyl (C=O) groups excluding carboxylic acids is 1. The van der Waals surface area contributed by atoms with Gasteiger partial charge in [0.15, 0.2) is 0 Å². The number of hydrogen-bond donors (Lipinski definition) is 0. The first-order valence-corrected chi connectivity index (χ1v) is 7.17. The molecule has 0 radical (unpaired) electrons. The topological polar surface area (TPSA) is 50.1 Å². The van der Waals surface area contributed by atoms with E-state index in [1.807, 2.05) is 12.1 Å². The molecule has 0 atom stereocenters. The molecular weight excluding hydrogens is 269 g/mol. The SMILES string of the molecule is C/C=C/C(=O)OC1CCC(c2ccc(C#N)c(F)c2)CC1. The highest BCUT2D eigenvalue weighted by Crippen LogP contribution is 2.34. The summed E-state index contributed by atoms with van der Waals surface area (Å²) in [5.74, 6) is -0.495. The first kappa shape index (κ1) is 15.2. The Morgan fingerprint density at radius 2 is 2.10 bits per heavy atom. The fourth-order valence-corrected chi connectivity index (χ4v) is 2.73. The van der Waals surface area contributed by atoms with Crippen LogP contribution in [-0.2, 0) is 9.53 Å². The first-order chi connectivity index (χ1) is 10.1. The van der Waals surface area contributed by atoms with Gasteiger partial charge in [0, 0.05) is 6.08 Å². The number of halogens is 1. The number of benzene rings is 1. The quantitative estimate of drug-likeness (QED) is 0.627. The minimum absolute atomic E-state index is 0.0480. The summed E-state index contributed by atoms with van der Waals surface area (Å²) >= 11 is 0. The average Bonchev–Trinajstić information content (AvgIpc) is 2.48. The van der Waals surface area contributed by atoms with Crippen molar-refractivity contribution >= 4 is 5.97 Å². The molecule has 1 aromatic rings. The number of allylic oxidation sites excluding steroid dienone is 1. The van der Waals surface area contributed by atoms with Crippen LogP contribution in [0.5, 0.6) is 0 Å². The van der Waals surface area contributed by atoms with E-state index in [0.29, 0.717) is 0 Å². The van der Waals surface area contributed by atoms with Gasteiger partial charge in [-0.05, 0) is 56.2 Å². The highest BCUT2D eigenvalue weighted by molar-refractivity contribution is 5.81. The van der Waals surface area contributed by atoms with Crippen LogP contribution in [0.25, 0.3) is 0 Å². The number of ether oxygens (including phenoxy) is 1. The predicted octanol–water partition coefficient (Wildman–Crippen LogP) is 3.84. The van der Waals surface area contributed by atoms with Crippen molar-refractivity contribution in [2.24, 2.45) is 0 Å². The van der Waals surface area contributed by atoms with Crippen LogP contribution < -0.4 is 0 Å². The lowest BCUT2D eigenvalue weighted by atomic mass is 9.82. The van der Waals surface area contributed by atoms with Gasteiger partial charge in [0.25, 0.3) is 0 Å². The number of carbonyl (C=O) groups is 1. The van der Waals surface area contributed by atoms with Crippen molar-refractivity contribution < 1.29 is 13.9 Å². The van der Waals surface area contributed by atoms with Gasteiger partial charge in [0.2, 0.25) is 0 Å². The first-order valence-electron chi connectivity index (χ1n) is 7.17. The molecule has 0 spiro atoms. The van der Waals surface area contributed by atoms with E-state index in [-0.39, 0.29) is 23.6 Å². The largest absolute Gasteiger partial charge is 0.459 e. The molecule has 110 valence electrons. The van der Waals surface area contributed by atoms with Crippen LogP contribution in [0.2, 0.25) is 0 Å². The third kappa shape index (κ3) is 3.91. The van der Waals surface area contributed by atoms with Gasteiger partial charge >= 0.3 is 5.97 Å². The molecule has 0 bridgehead atoms. The van der Waals surface area contributed by atoms with Gasteiger partial charge in [0.05, 0.1) is 5.56 Å². The Morgan fingerprint density at radius 3 is 2.67 bits per heavy atom. The summed E-state index contributed by atoms with van der Waals surface area (Å²) in [5, 5.41) is 8.74. The molecule has 3 nitrogen and oxygen atoms in total.